The molecule has 0 bridgehead atoms. The zero-order valence-corrected chi connectivity index (χ0v) is 13.5. The van der Waals surface area contributed by atoms with Gasteiger partial charge in [0.05, 0.1) is 5.92 Å². The number of anilines is 1. The van der Waals surface area contributed by atoms with Gasteiger partial charge in [-0.3, -0.25) is 14.7 Å². The van der Waals surface area contributed by atoms with Crippen LogP contribution in [0.4, 0.5) is 5.69 Å². The third kappa shape index (κ3) is 3.96. The summed E-state index contributed by atoms with van der Waals surface area (Å²) in [5.41, 5.74) is 2.13. The van der Waals surface area contributed by atoms with Crippen molar-refractivity contribution in [1.29, 1.82) is 0 Å². The van der Waals surface area contributed by atoms with Gasteiger partial charge in [-0.15, -0.1) is 0 Å². The number of pyridine rings is 1. The van der Waals surface area contributed by atoms with Crippen LogP contribution in [0.15, 0.2) is 54.9 Å². The first-order chi connectivity index (χ1) is 11.2. The fourth-order valence-corrected chi connectivity index (χ4v) is 3.19. The molecule has 1 aromatic heterocycles. The Bertz CT molecular complexity index is 630. The molecule has 1 aliphatic heterocycles. The van der Waals surface area contributed by atoms with Crippen molar-refractivity contribution in [1.82, 2.24) is 9.88 Å². The van der Waals surface area contributed by atoms with E-state index in [1.165, 1.54) is 5.56 Å². The number of hydrogen-bond donors (Lipinski definition) is 1. The second-order valence-corrected chi connectivity index (χ2v) is 6.15. The second kappa shape index (κ2) is 7.38. The molecular weight excluding hydrogens is 286 g/mol. The van der Waals surface area contributed by atoms with E-state index in [1.54, 1.807) is 0 Å². The van der Waals surface area contributed by atoms with Crippen LogP contribution in [-0.4, -0.2) is 28.9 Å². The van der Waals surface area contributed by atoms with Crippen molar-refractivity contribution in [3.8, 4) is 0 Å². The molecule has 0 radical (unpaired) electrons. The highest BCUT2D eigenvalue weighted by Gasteiger charge is 2.28. The van der Waals surface area contributed by atoms with Gasteiger partial charge in [0, 0.05) is 30.7 Å². The van der Waals surface area contributed by atoms with Gasteiger partial charge in [-0.2, -0.15) is 0 Å². The molecule has 0 saturated carbocycles. The highest BCUT2D eigenvalue weighted by atomic mass is 16.1. The van der Waals surface area contributed by atoms with Crippen molar-refractivity contribution >= 4 is 11.6 Å². The van der Waals surface area contributed by atoms with E-state index in [1.807, 2.05) is 42.7 Å². The minimum atomic E-state index is 0.0493. The lowest BCUT2D eigenvalue weighted by Crippen LogP contribution is -2.41. The molecule has 1 aliphatic rings. The molecular formula is C19H23N3O. The number of nitrogens with zero attached hydrogens (tertiary/aromatic N) is 2. The van der Waals surface area contributed by atoms with E-state index < -0.39 is 0 Å². The lowest BCUT2D eigenvalue weighted by molar-refractivity contribution is -0.121. The predicted molar refractivity (Wildman–Crippen MR) is 92.0 cm³/mol. The maximum absolute atomic E-state index is 12.5. The average molecular weight is 309 g/mol. The molecule has 0 aliphatic carbocycles. The summed E-state index contributed by atoms with van der Waals surface area (Å²) in [5, 5.41) is 3.04. The van der Waals surface area contributed by atoms with E-state index in [4.69, 9.17) is 0 Å². The number of likely N-dealkylation sites (tertiary alicyclic amines) is 1. The molecule has 3 rings (SSSR count). The normalized spacial score (nSPS) is 20.0. The lowest BCUT2D eigenvalue weighted by Gasteiger charge is -2.36. The maximum Gasteiger partial charge on any atom is 0.228 e. The molecule has 4 heteroatoms. The van der Waals surface area contributed by atoms with Crippen LogP contribution >= 0.6 is 0 Å². The van der Waals surface area contributed by atoms with Crippen LogP contribution in [0, 0.1) is 5.92 Å². The number of nitrogens with one attached hydrogen (secondary N) is 1. The Labute approximate surface area is 137 Å². The number of hydrogen-bond acceptors (Lipinski definition) is 3. The van der Waals surface area contributed by atoms with E-state index in [9.17, 15) is 4.79 Å². The van der Waals surface area contributed by atoms with E-state index in [0.29, 0.717) is 6.04 Å². The van der Waals surface area contributed by atoms with E-state index in [-0.39, 0.29) is 11.8 Å². The molecule has 4 nitrogen and oxygen atoms in total. The van der Waals surface area contributed by atoms with Crippen LogP contribution < -0.4 is 5.32 Å². The summed E-state index contributed by atoms with van der Waals surface area (Å²) >= 11 is 0. The van der Waals surface area contributed by atoms with Gasteiger partial charge in [0.25, 0.3) is 0 Å². The summed E-state index contributed by atoms with van der Waals surface area (Å²) < 4.78 is 0. The van der Waals surface area contributed by atoms with Gasteiger partial charge in [-0.05, 0) is 56.1 Å². The minimum Gasteiger partial charge on any atom is -0.326 e. The number of amides is 1. The lowest BCUT2D eigenvalue weighted by atomic mass is 9.94. The molecule has 1 saturated heterocycles. The molecule has 2 aromatic rings. The average Bonchev–Trinajstić information content (AvgIpc) is 2.63. The monoisotopic (exact) mass is 309 g/mol. The van der Waals surface area contributed by atoms with Crippen molar-refractivity contribution in [3.05, 3.63) is 60.4 Å². The zero-order valence-electron chi connectivity index (χ0n) is 13.5. The first-order valence-electron chi connectivity index (χ1n) is 8.24. The summed E-state index contributed by atoms with van der Waals surface area (Å²) in [5.74, 6) is 0.177. The van der Waals surface area contributed by atoms with Crippen molar-refractivity contribution in [2.24, 2.45) is 5.92 Å². The molecule has 1 aromatic carbocycles. The van der Waals surface area contributed by atoms with Gasteiger partial charge in [0.1, 0.15) is 0 Å². The number of carbonyl (C=O) groups excluding carboxylic acids is 1. The van der Waals surface area contributed by atoms with E-state index in [0.717, 1.165) is 31.6 Å². The molecule has 0 unspecified atom stereocenters. The van der Waals surface area contributed by atoms with Gasteiger partial charge in [0.15, 0.2) is 0 Å². The van der Waals surface area contributed by atoms with Gasteiger partial charge in [0.2, 0.25) is 5.91 Å². The SMILES string of the molecule is C[C@H](c1ccncc1)N1CCC[C@H](C(=O)Nc2ccccc2)C1. The third-order valence-electron chi connectivity index (χ3n) is 4.60. The topological polar surface area (TPSA) is 45.2 Å². The van der Waals surface area contributed by atoms with Crippen LogP contribution in [0.3, 0.4) is 0 Å². The van der Waals surface area contributed by atoms with Crippen molar-refractivity contribution < 1.29 is 4.79 Å². The molecule has 1 fully saturated rings. The zero-order chi connectivity index (χ0) is 16.1. The molecule has 120 valence electrons. The number of benzene rings is 1. The first kappa shape index (κ1) is 15.7. The Hall–Kier alpha value is -2.20. The molecule has 2 atom stereocenters. The Balaban J connectivity index is 1.63. The number of para-hydroxylation sites is 1. The van der Waals surface area contributed by atoms with Gasteiger partial charge < -0.3 is 5.32 Å². The summed E-state index contributed by atoms with van der Waals surface area (Å²) in [6.45, 7) is 4.05. The number of carbonyl (C=O) groups is 1. The highest BCUT2D eigenvalue weighted by Crippen LogP contribution is 2.27. The smallest absolute Gasteiger partial charge is 0.228 e. The Morgan fingerprint density at radius 3 is 2.70 bits per heavy atom. The molecule has 1 amide bonds. The molecule has 2 heterocycles. The fourth-order valence-electron chi connectivity index (χ4n) is 3.19. The number of piperidine rings is 1. The van der Waals surface area contributed by atoms with Crippen molar-refractivity contribution in [2.45, 2.75) is 25.8 Å². The first-order valence-corrected chi connectivity index (χ1v) is 8.24. The predicted octanol–water partition coefficient (Wildman–Crippen LogP) is 3.49. The van der Waals surface area contributed by atoms with E-state index in [2.05, 4.69) is 34.3 Å². The fraction of sp³-hybridized carbons (Fsp3) is 0.368. The van der Waals surface area contributed by atoms with Crippen LogP contribution in [0.1, 0.15) is 31.4 Å². The number of aromatic nitrogens is 1. The van der Waals surface area contributed by atoms with Crippen LogP contribution in [-0.2, 0) is 4.79 Å². The maximum atomic E-state index is 12.5. The van der Waals surface area contributed by atoms with Crippen molar-refractivity contribution in [2.75, 3.05) is 18.4 Å². The number of rotatable bonds is 4. The Morgan fingerprint density at radius 1 is 1.22 bits per heavy atom. The highest BCUT2D eigenvalue weighted by molar-refractivity contribution is 5.92. The van der Waals surface area contributed by atoms with Gasteiger partial charge >= 0.3 is 0 Å². The van der Waals surface area contributed by atoms with Crippen molar-refractivity contribution in [3.63, 3.8) is 0 Å². The second-order valence-electron chi connectivity index (χ2n) is 6.15. The summed E-state index contributed by atoms with van der Waals surface area (Å²) in [7, 11) is 0. The summed E-state index contributed by atoms with van der Waals surface area (Å²) in [6.07, 6.45) is 5.67. The Kier molecular flexibility index (Phi) is 5.03. The molecule has 23 heavy (non-hydrogen) atoms. The van der Waals surface area contributed by atoms with Crippen LogP contribution in [0.2, 0.25) is 0 Å². The standard InChI is InChI=1S/C19H23N3O/c1-15(16-9-11-20-12-10-16)22-13-5-6-17(14-22)19(23)21-18-7-3-2-4-8-18/h2-4,7-12,15,17H,5-6,13-14H2,1H3,(H,21,23)/t15-,17+/m1/s1. The molecule has 1 N–H and O–H groups in total. The third-order valence-corrected chi connectivity index (χ3v) is 4.60. The largest absolute Gasteiger partial charge is 0.326 e. The summed E-state index contributed by atoms with van der Waals surface area (Å²) in [6, 6.07) is 14.1. The summed E-state index contributed by atoms with van der Waals surface area (Å²) in [4.78, 5) is 19.0. The molecule has 0 spiro atoms. The van der Waals surface area contributed by atoms with Gasteiger partial charge in [-0.25, -0.2) is 0 Å². The minimum absolute atomic E-state index is 0.0493. The quantitative estimate of drug-likeness (QED) is 0.940. The van der Waals surface area contributed by atoms with Crippen LogP contribution in [0.5, 0.6) is 0 Å². The van der Waals surface area contributed by atoms with Crippen LogP contribution in [0.25, 0.3) is 0 Å². The Morgan fingerprint density at radius 2 is 1.96 bits per heavy atom. The van der Waals surface area contributed by atoms with E-state index >= 15 is 0 Å². The van der Waals surface area contributed by atoms with Gasteiger partial charge in [-0.1, -0.05) is 18.2 Å².